The lowest BCUT2D eigenvalue weighted by molar-refractivity contribution is -0.114. The molecule has 0 unspecified atom stereocenters. The molecular weight excluding hydrogens is 340 g/mol. The van der Waals surface area contributed by atoms with Crippen LogP contribution in [0.25, 0.3) is 6.08 Å². The molecule has 0 aliphatic rings. The molecule has 25 heavy (non-hydrogen) atoms. The van der Waals surface area contributed by atoms with E-state index in [1.807, 2.05) is 31.2 Å². The van der Waals surface area contributed by atoms with Crippen molar-refractivity contribution < 1.29 is 14.3 Å². The third-order valence-electron chi connectivity index (χ3n) is 3.29. The van der Waals surface area contributed by atoms with E-state index in [0.29, 0.717) is 22.9 Å². The second-order valence-corrected chi connectivity index (χ2v) is 5.66. The summed E-state index contributed by atoms with van der Waals surface area (Å²) in [6, 6.07) is 14.4. The van der Waals surface area contributed by atoms with E-state index in [4.69, 9.17) is 32.1 Å². The van der Waals surface area contributed by atoms with Crippen LogP contribution in [-0.4, -0.2) is 19.1 Å². The summed E-state index contributed by atoms with van der Waals surface area (Å²) < 4.78 is 11.3. The first-order valence-electron chi connectivity index (χ1n) is 7.53. The molecule has 5 nitrogen and oxygen atoms in total. The Kier molecular flexibility index (Phi) is 6.44. The summed E-state index contributed by atoms with van der Waals surface area (Å²) in [7, 11) is 0. The molecule has 0 aliphatic carbocycles. The van der Waals surface area contributed by atoms with Gasteiger partial charge in [0, 0.05) is 10.6 Å². The number of carbonyl (C=O) groups excluding carboxylic acids is 1. The highest BCUT2D eigenvalue weighted by Crippen LogP contribution is 2.25. The molecule has 0 bridgehead atoms. The third kappa shape index (κ3) is 5.55. The Bertz CT molecular complexity index is 824. The monoisotopic (exact) mass is 356 g/mol. The first-order valence-corrected chi connectivity index (χ1v) is 7.91. The lowest BCUT2D eigenvalue weighted by Gasteiger charge is -2.11. The van der Waals surface area contributed by atoms with E-state index in [1.165, 1.54) is 6.08 Å². The van der Waals surface area contributed by atoms with E-state index in [1.54, 1.807) is 24.3 Å². The first kappa shape index (κ1) is 18.4. The number of halogens is 1. The zero-order chi connectivity index (χ0) is 18.2. The van der Waals surface area contributed by atoms with Crippen molar-refractivity contribution in [3.05, 3.63) is 64.2 Å². The SMILES string of the molecule is Cc1ccc(OCCOc2ccc(Cl)cc2C=C(C#N)C(N)=O)cc1. The van der Waals surface area contributed by atoms with Crippen LogP contribution in [0.1, 0.15) is 11.1 Å². The van der Waals surface area contributed by atoms with Crippen LogP contribution in [0.4, 0.5) is 0 Å². The predicted molar refractivity (Wildman–Crippen MR) is 96.4 cm³/mol. The lowest BCUT2D eigenvalue weighted by Crippen LogP contribution is -2.13. The molecule has 2 rings (SSSR count). The molecule has 128 valence electrons. The van der Waals surface area contributed by atoms with Gasteiger partial charge < -0.3 is 15.2 Å². The fourth-order valence-electron chi connectivity index (χ4n) is 2.02. The number of nitriles is 1. The molecule has 6 heteroatoms. The van der Waals surface area contributed by atoms with Crippen LogP contribution in [-0.2, 0) is 4.79 Å². The van der Waals surface area contributed by atoms with Crippen molar-refractivity contribution in [3.8, 4) is 17.6 Å². The van der Waals surface area contributed by atoms with Gasteiger partial charge >= 0.3 is 0 Å². The largest absolute Gasteiger partial charge is 0.490 e. The summed E-state index contributed by atoms with van der Waals surface area (Å²) >= 11 is 5.97. The summed E-state index contributed by atoms with van der Waals surface area (Å²) in [6.45, 7) is 2.63. The van der Waals surface area contributed by atoms with Crippen molar-refractivity contribution in [1.29, 1.82) is 5.26 Å². The normalized spacial score (nSPS) is 10.8. The van der Waals surface area contributed by atoms with Gasteiger partial charge in [0.1, 0.15) is 36.4 Å². The molecule has 0 fully saturated rings. The van der Waals surface area contributed by atoms with Gasteiger partial charge in [-0.05, 0) is 43.3 Å². The number of ether oxygens (including phenoxy) is 2. The molecule has 0 aromatic heterocycles. The molecular formula is C19H17ClN2O3. The highest BCUT2D eigenvalue weighted by atomic mass is 35.5. The number of hydrogen-bond acceptors (Lipinski definition) is 4. The Hall–Kier alpha value is -2.97. The molecule has 0 saturated carbocycles. The molecule has 0 aliphatic heterocycles. The van der Waals surface area contributed by atoms with Gasteiger partial charge in [0.15, 0.2) is 0 Å². The van der Waals surface area contributed by atoms with Crippen LogP contribution >= 0.6 is 11.6 Å². The predicted octanol–water partition coefficient (Wildman–Crippen LogP) is 3.50. The lowest BCUT2D eigenvalue weighted by atomic mass is 10.1. The molecule has 0 heterocycles. The van der Waals surface area contributed by atoms with Crippen molar-refractivity contribution in [3.63, 3.8) is 0 Å². The van der Waals surface area contributed by atoms with Gasteiger partial charge in [-0.3, -0.25) is 4.79 Å². The maximum atomic E-state index is 11.2. The highest BCUT2D eigenvalue weighted by Gasteiger charge is 2.08. The number of aryl methyl sites for hydroxylation is 1. The number of hydrogen-bond donors (Lipinski definition) is 1. The smallest absolute Gasteiger partial charge is 0.259 e. The maximum absolute atomic E-state index is 11.2. The Labute approximate surface area is 151 Å². The van der Waals surface area contributed by atoms with Crippen LogP contribution in [0.5, 0.6) is 11.5 Å². The minimum absolute atomic E-state index is 0.178. The van der Waals surface area contributed by atoms with E-state index in [0.717, 1.165) is 11.3 Å². The summed E-state index contributed by atoms with van der Waals surface area (Å²) in [5.41, 5.74) is 6.63. The third-order valence-corrected chi connectivity index (χ3v) is 3.52. The quantitative estimate of drug-likeness (QED) is 0.467. The second kappa shape index (κ2) is 8.76. The Morgan fingerprint density at radius 3 is 2.52 bits per heavy atom. The molecule has 2 N–H and O–H groups in total. The van der Waals surface area contributed by atoms with Crippen LogP contribution < -0.4 is 15.2 Å². The zero-order valence-corrected chi connectivity index (χ0v) is 14.4. The Balaban J connectivity index is 2.03. The van der Waals surface area contributed by atoms with Gasteiger partial charge in [0.2, 0.25) is 0 Å². The molecule has 2 aromatic carbocycles. The number of nitrogens with zero attached hydrogens (tertiary/aromatic N) is 1. The van der Waals surface area contributed by atoms with Crippen molar-refractivity contribution in [2.45, 2.75) is 6.92 Å². The summed E-state index contributed by atoms with van der Waals surface area (Å²) in [5, 5.41) is 9.42. The highest BCUT2D eigenvalue weighted by molar-refractivity contribution is 6.30. The maximum Gasteiger partial charge on any atom is 0.259 e. The number of nitrogens with two attached hydrogens (primary N) is 1. The molecule has 0 spiro atoms. The van der Waals surface area contributed by atoms with Crippen LogP contribution in [0.15, 0.2) is 48.0 Å². The molecule has 0 radical (unpaired) electrons. The molecule has 0 atom stereocenters. The minimum Gasteiger partial charge on any atom is -0.490 e. The average molecular weight is 357 g/mol. The number of primary amides is 1. The van der Waals surface area contributed by atoms with Crippen LogP contribution in [0, 0.1) is 18.3 Å². The number of carbonyl (C=O) groups is 1. The van der Waals surface area contributed by atoms with E-state index >= 15 is 0 Å². The van der Waals surface area contributed by atoms with Gasteiger partial charge in [-0.1, -0.05) is 29.3 Å². The van der Waals surface area contributed by atoms with Crippen molar-refractivity contribution >= 4 is 23.6 Å². The van der Waals surface area contributed by atoms with E-state index in [-0.39, 0.29) is 12.2 Å². The van der Waals surface area contributed by atoms with Crippen molar-refractivity contribution in [2.24, 2.45) is 5.73 Å². The molecule has 1 amide bonds. The Morgan fingerprint density at radius 1 is 1.20 bits per heavy atom. The zero-order valence-electron chi connectivity index (χ0n) is 13.7. The number of benzene rings is 2. The summed E-state index contributed by atoms with van der Waals surface area (Å²) in [6.07, 6.45) is 1.35. The van der Waals surface area contributed by atoms with E-state index in [9.17, 15) is 4.79 Å². The fraction of sp³-hybridized carbons (Fsp3) is 0.158. The van der Waals surface area contributed by atoms with Gasteiger partial charge in [-0.15, -0.1) is 0 Å². The number of rotatable bonds is 7. The second-order valence-electron chi connectivity index (χ2n) is 5.23. The van der Waals surface area contributed by atoms with Crippen LogP contribution in [0.3, 0.4) is 0 Å². The minimum atomic E-state index is -0.809. The average Bonchev–Trinajstić information content (AvgIpc) is 2.59. The molecule has 2 aromatic rings. The van der Waals surface area contributed by atoms with E-state index < -0.39 is 5.91 Å². The topological polar surface area (TPSA) is 85.3 Å². The van der Waals surface area contributed by atoms with Gasteiger partial charge in [-0.25, -0.2) is 0 Å². The summed E-state index contributed by atoms with van der Waals surface area (Å²) in [4.78, 5) is 11.2. The van der Waals surface area contributed by atoms with Crippen molar-refractivity contribution in [2.75, 3.05) is 13.2 Å². The number of amides is 1. The molecule has 0 saturated heterocycles. The summed E-state index contributed by atoms with van der Waals surface area (Å²) in [5.74, 6) is 0.424. The fourth-order valence-corrected chi connectivity index (χ4v) is 2.20. The van der Waals surface area contributed by atoms with Gasteiger partial charge in [-0.2, -0.15) is 5.26 Å². The van der Waals surface area contributed by atoms with Gasteiger partial charge in [0.25, 0.3) is 5.91 Å². The van der Waals surface area contributed by atoms with Gasteiger partial charge in [0.05, 0.1) is 0 Å². The standard InChI is InChI=1S/C19H17ClN2O3/c1-13-2-5-17(6-3-13)24-8-9-25-18-7-4-16(20)11-14(18)10-15(12-21)19(22)23/h2-7,10-11H,8-9H2,1H3,(H2,22,23). The Morgan fingerprint density at radius 2 is 1.88 bits per heavy atom. The first-order chi connectivity index (χ1) is 12.0. The van der Waals surface area contributed by atoms with Crippen molar-refractivity contribution in [1.82, 2.24) is 0 Å². The van der Waals surface area contributed by atoms with E-state index in [2.05, 4.69) is 0 Å². The van der Waals surface area contributed by atoms with Crippen LogP contribution in [0.2, 0.25) is 5.02 Å².